The van der Waals surface area contributed by atoms with Crippen LogP contribution in [0, 0.1) is 0 Å². The Morgan fingerprint density at radius 1 is 1.50 bits per heavy atom. The second-order valence-electron chi connectivity index (χ2n) is 0.711. The molecule has 0 saturated carbocycles. The summed E-state index contributed by atoms with van der Waals surface area (Å²) in [6, 6.07) is 0. The van der Waals surface area contributed by atoms with Crippen LogP contribution in [0.15, 0.2) is 0 Å². The van der Waals surface area contributed by atoms with Crippen LogP contribution in [0.25, 0.3) is 0 Å². The van der Waals surface area contributed by atoms with E-state index in [4.69, 9.17) is 9.66 Å². The Morgan fingerprint density at radius 3 is 1.67 bits per heavy atom. The van der Waals surface area contributed by atoms with E-state index in [-0.39, 0.29) is 0 Å². The first-order chi connectivity index (χ1) is 2.56. The zero-order valence-electron chi connectivity index (χ0n) is 2.83. The molecular formula is CH4O4S. The van der Waals surface area contributed by atoms with E-state index >= 15 is 0 Å². The quantitative estimate of drug-likeness (QED) is 0.332. The molecule has 0 unspecified atom stereocenters. The molecule has 0 aromatic rings. The molecule has 0 aliphatic carbocycles. The van der Waals surface area contributed by atoms with E-state index in [0.717, 1.165) is 0 Å². The topological polar surface area (TPSA) is 74.6 Å². The summed E-state index contributed by atoms with van der Waals surface area (Å²) < 4.78 is 26.2. The number of aliphatic hydroxyl groups excluding tert-OH is 1. The molecule has 0 radical (unpaired) electrons. The fourth-order valence-electron chi connectivity index (χ4n) is 0. The van der Waals surface area contributed by atoms with Crippen molar-refractivity contribution in [2.24, 2.45) is 0 Å². The van der Waals surface area contributed by atoms with Crippen molar-refractivity contribution >= 4 is 10.1 Å². The average molecular weight is 114 g/mol. The van der Waals surface area contributed by atoms with Crippen LogP contribution in [-0.4, -0.2) is 24.0 Å². The maximum atomic E-state index is 9.31. The van der Waals surface area contributed by atoms with Gasteiger partial charge in [-0.15, -0.1) is 0 Å². The lowest BCUT2D eigenvalue weighted by Gasteiger charge is -1.79. The molecule has 0 aliphatic rings. The normalized spacial score (nSPS) is 11.7. The Bertz CT molecular complexity index is 110. The second-order valence-corrected chi connectivity index (χ2v) is 2.13. The van der Waals surface area contributed by atoms with Crippen molar-refractivity contribution in [2.75, 3.05) is 5.94 Å². The largest absolute Gasteiger partial charge is 0.378 e. The van der Waals surface area contributed by atoms with Crippen molar-refractivity contribution in [3.8, 4) is 0 Å². The minimum atomic E-state index is -4.11. The van der Waals surface area contributed by atoms with Crippen LogP contribution in [0.3, 0.4) is 0 Å². The lowest BCUT2D eigenvalue weighted by Crippen LogP contribution is -2.00. The van der Waals surface area contributed by atoms with Crippen LogP contribution < -0.4 is 0 Å². The first-order valence-corrected chi connectivity index (χ1v) is 2.73. The highest BCUT2D eigenvalue weighted by Crippen LogP contribution is 1.70. The van der Waals surface area contributed by atoms with Crippen molar-refractivity contribution in [2.45, 2.75) is 0 Å². The van der Waals surface area contributed by atoms with Gasteiger partial charge >= 0.3 is 0 Å². The predicted molar refractivity (Wildman–Crippen MR) is 18.6 cm³/mol. The summed E-state index contributed by atoms with van der Waals surface area (Å²) in [4.78, 5) is 0. The highest BCUT2D eigenvalue weighted by atomic mass is 34.1. The van der Waals surface area contributed by atoms with Crippen molar-refractivity contribution in [3.05, 3.63) is 0 Å². The van der Waals surface area contributed by atoms with E-state index in [1.54, 1.807) is 0 Å². The molecule has 0 aromatic carbocycles. The van der Waals surface area contributed by atoms with Gasteiger partial charge < -0.3 is 5.11 Å². The van der Waals surface area contributed by atoms with Crippen LogP contribution in [0.5, 0.6) is 0 Å². The highest BCUT2D eigenvalue weighted by Gasteiger charge is 1.95. The van der Waals surface area contributed by atoms with Gasteiger partial charge in [0, 0.05) is 0 Å². The summed E-state index contributed by atoms with van der Waals surface area (Å²) in [7, 11) is -4.11. The molecule has 0 aliphatic heterocycles. The zero-order valence-corrected chi connectivity index (χ0v) is 3.64. The van der Waals surface area contributed by atoms with Crippen molar-refractivity contribution in [1.82, 2.24) is 0 Å². The van der Waals surface area contributed by atoms with E-state index in [0.29, 0.717) is 0 Å². The summed E-state index contributed by atoms with van der Waals surface area (Å²) >= 11 is 0. The molecule has 6 heavy (non-hydrogen) atoms. The molecule has 2 N–H and O–H groups in total. The van der Waals surface area contributed by atoms with Gasteiger partial charge in [0.05, 0.1) is 0 Å². The molecule has 0 aromatic heterocycles. The third-order valence-corrected chi connectivity index (χ3v) is 0.489. The average Bonchev–Trinajstić information content (AvgIpc) is 1.35. The zero-order chi connectivity index (χ0) is 5.21. The Hall–Kier alpha value is -0.130. The van der Waals surface area contributed by atoms with Crippen LogP contribution in [0.4, 0.5) is 0 Å². The molecule has 38 valence electrons. The van der Waals surface area contributed by atoms with Gasteiger partial charge in [0.15, 0.2) is 5.94 Å². The van der Waals surface area contributed by atoms with Gasteiger partial charge in [0.1, 0.15) is 0 Å². The Morgan fingerprint density at radius 2 is 1.67 bits per heavy atom. The van der Waals surface area contributed by atoms with Crippen LogP contribution in [0.1, 0.15) is 0 Å². The molecule has 0 spiro atoms. The molecule has 0 rings (SSSR count). The van der Waals surface area contributed by atoms with E-state index < -0.39 is 16.1 Å². The van der Waals surface area contributed by atoms with Crippen LogP contribution in [-0.2, 0) is 10.1 Å². The van der Waals surface area contributed by atoms with Gasteiger partial charge in [-0.05, 0) is 0 Å². The third kappa shape index (κ3) is 3.87. The van der Waals surface area contributed by atoms with Crippen LogP contribution in [0.2, 0.25) is 0 Å². The number of hydrogen-bond acceptors (Lipinski definition) is 3. The molecule has 0 fully saturated rings. The molecule has 0 saturated heterocycles. The van der Waals surface area contributed by atoms with E-state index in [2.05, 4.69) is 0 Å². The number of hydrogen-bond donors (Lipinski definition) is 2. The minimum absolute atomic E-state index is 1.20. The minimum Gasteiger partial charge on any atom is -0.378 e. The highest BCUT2D eigenvalue weighted by molar-refractivity contribution is 7.85. The van der Waals surface area contributed by atoms with Crippen molar-refractivity contribution < 1.29 is 18.1 Å². The summed E-state index contributed by atoms with van der Waals surface area (Å²) in [5.41, 5.74) is 0. The summed E-state index contributed by atoms with van der Waals surface area (Å²) in [6.07, 6.45) is 0. The molecule has 0 bridgehead atoms. The second kappa shape index (κ2) is 1.55. The maximum Gasteiger partial charge on any atom is 0.289 e. The predicted octanol–water partition coefficient (Wildman–Crippen LogP) is -1.18. The smallest absolute Gasteiger partial charge is 0.289 e. The molecule has 0 heterocycles. The van der Waals surface area contributed by atoms with E-state index in [1.165, 1.54) is 0 Å². The lowest BCUT2D eigenvalue weighted by molar-refractivity contribution is 0.336. The van der Waals surface area contributed by atoms with Crippen molar-refractivity contribution in [3.63, 3.8) is 0 Å². The number of rotatable bonds is 1. The lowest BCUT2D eigenvalue weighted by atomic mass is 11.7. The Labute approximate surface area is 35.2 Å². The fraction of sp³-hybridized carbons (Fsp3) is 1.00. The van der Waals surface area contributed by atoms with Crippen molar-refractivity contribution in [1.29, 1.82) is 0 Å². The first-order valence-electron chi connectivity index (χ1n) is 1.12. The van der Waals surface area contributed by atoms with Gasteiger partial charge in [-0.25, -0.2) is 0 Å². The summed E-state index contributed by atoms with van der Waals surface area (Å²) in [5.74, 6) is -1.20. The van der Waals surface area contributed by atoms with Gasteiger partial charge in [-0.3, -0.25) is 4.55 Å². The SMILES string of the molecule is O=[34S](=O)(O)CO. The molecular weight excluding hydrogens is 110 g/mol. The molecule has 0 atom stereocenters. The molecule has 0 amide bonds. The Kier molecular flexibility index (Phi) is 1.51. The van der Waals surface area contributed by atoms with Crippen LogP contribution >= 0.6 is 0 Å². The molecule has 4 nitrogen and oxygen atoms in total. The standard InChI is InChI=1S/CH4O4S/c2-1-6(3,4)5/h2H,1H2,(H,3,4,5)/i6+2. The molecule has 5 heteroatoms. The number of aliphatic hydroxyl groups is 1. The monoisotopic (exact) mass is 114 g/mol. The van der Waals surface area contributed by atoms with Gasteiger partial charge in [0.25, 0.3) is 10.1 Å². The maximum absolute atomic E-state index is 9.31. The van der Waals surface area contributed by atoms with Gasteiger partial charge in [-0.2, -0.15) is 8.42 Å². The van der Waals surface area contributed by atoms with E-state index in [1.807, 2.05) is 0 Å². The van der Waals surface area contributed by atoms with Gasteiger partial charge in [-0.1, -0.05) is 0 Å². The van der Waals surface area contributed by atoms with Gasteiger partial charge in [0.2, 0.25) is 0 Å². The Balaban J connectivity index is 3.85. The first kappa shape index (κ1) is 5.87. The summed E-state index contributed by atoms with van der Waals surface area (Å²) in [5, 5.41) is 7.56. The third-order valence-electron chi connectivity index (χ3n) is 0.163. The fourth-order valence-corrected chi connectivity index (χ4v) is 0. The van der Waals surface area contributed by atoms with E-state index in [9.17, 15) is 8.42 Å². The summed E-state index contributed by atoms with van der Waals surface area (Å²) in [6.45, 7) is 0.